The summed E-state index contributed by atoms with van der Waals surface area (Å²) in [5.41, 5.74) is 6.06. The summed E-state index contributed by atoms with van der Waals surface area (Å²) in [5, 5.41) is 0. The van der Waals surface area contributed by atoms with Crippen LogP contribution >= 0.6 is 15.9 Å². The Balaban J connectivity index is 2.65. The third kappa shape index (κ3) is 1.52. The van der Waals surface area contributed by atoms with Gasteiger partial charge in [-0.15, -0.1) is 0 Å². The van der Waals surface area contributed by atoms with Crippen molar-refractivity contribution in [3.63, 3.8) is 0 Å². The topological polar surface area (TPSA) is 0 Å². The second kappa shape index (κ2) is 3.69. The molecule has 2 atom stereocenters. The van der Waals surface area contributed by atoms with E-state index in [1.54, 1.807) is 11.1 Å². The third-order valence-electron chi connectivity index (χ3n) is 3.38. The molecular weight excluding hydrogens is 236 g/mol. The molecule has 0 fully saturated rings. The number of benzene rings is 1. The molecule has 0 radical (unpaired) electrons. The largest absolute Gasteiger partial charge is 0.0839 e. The zero-order valence-corrected chi connectivity index (χ0v) is 10.7. The number of rotatable bonds is 0. The molecule has 0 aromatic heterocycles. The monoisotopic (exact) mass is 252 g/mol. The first kappa shape index (κ1) is 10.2. The van der Waals surface area contributed by atoms with Gasteiger partial charge in [-0.25, -0.2) is 0 Å². The van der Waals surface area contributed by atoms with E-state index >= 15 is 0 Å². The van der Waals surface area contributed by atoms with E-state index in [1.165, 1.54) is 24.0 Å². The maximum atomic E-state index is 3.80. The van der Waals surface area contributed by atoms with E-state index in [1.807, 2.05) is 0 Å². The fraction of sp³-hybridized carbons (Fsp3) is 0.538. The first-order chi connectivity index (χ1) is 6.61. The van der Waals surface area contributed by atoms with E-state index in [2.05, 4.69) is 48.8 Å². The minimum absolute atomic E-state index is 0.577. The molecule has 0 nitrogen and oxygen atoms in total. The van der Waals surface area contributed by atoms with Crippen molar-refractivity contribution >= 4 is 15.9 Å². The van der Waals surface area contributed by atoms with Crippen molar-refractivity contribution in [3.05, 3.63) is 34.4 Å². The van der Waals surface area contributed by atoms with Crippen LogP contribution in [0, 0.1) is 13.8 Å². The van der Waals surface area contributed by atoms with E-state index < -0.39 is 0 Å². The molecular formula is C13H17Br. The lowest BCUT2D eigenvalue weighted by Gasteiger charge is -2.29. The quantitative estimate of drug-likeness (QED) is 0.591. The molecule has 76 valence electrons. The van der Waals surface area contributed by atoms with E-state index in [0.717, 1.165) is 5.92 Å². The average Bonchev–Trinajstić information content (AvgIpc) is 2.16. The van der Waals surface area contributed by atoms with Crippen LogP contribution in [0.5, 0.6) is 0 Å². The third-order valence-corrected chi connectivity index (χ3v) is 4.30. The molecule has 0 aliphatic heterocycles. The van der Waals surface area contributed by atoms with Crippen molar-refractivity contribution in [2.75, 3.05) is 0 Å². The van der Waals surface area contributed by atoms with Crippen molar-refractivity contribution < 1.29 is 0 Å². The van der Waals surface area contributed by atoms with E-state index in [0.29, 0.717) is 4.83 Å². The predicted molar refractivity (Wildman–Crippen MR) is 65.2 cm³/mol. The van der Waals surface area contributed by atoms with Crippen molar-refractivity contribution in [1.29, 1.82) is 0 Å². The summed E-state index contributed by atoms with van der Waals surface area (Å²) in [5.74, 6) is 0.735. The van der Waals surface area contributed by atoms with Gasteiger partial charge in [0.2, 0.25) is 0 Å². The molecule has 0 heterocycles. The number of fused-ring (bicyclic) bond motifs is 1. The smallest absolute Gasteiger partial charge is 0.0401 e. The summed E-state index contributed by atoms with van der Waals surface area (Å²) in [6, 6.07) is 4.51. The zero-order valence-electron chi connectivity index (χ0n) is 9.10. The highest BCUT2D eigenvalue weighted by Gasteiger charge is 2.25. The van der Waals surface area contributed by atoms with Crippen molar-refractivity contribution in [3.8, 4) is 0 Å². The molecule has 1 aromatic carbocycles. The van der Waals surface area contributed by atoms with Gasteiger partial charge in [-0.1, -0.05) is 35.0 Å². The number of aryl methyl sites for hydroxylation is 2. The molecule has 0 bridgehead atoms. The lowest BCUT2D eigenvalue weighted by Crippen LogP contribution is -2.12. The van der Waals surface area contributed by atoms with Crippen LogP contribution in [0.15, 0.2) is 12.1 Å². The maximum Gasteiger partial charge on any atom is 0.0401 e. The van der Waals surface area contributed by atoms with E-state index in [4.69, 9.17) is 0 Å². The Morgan fingerprint density at radius 1 is 1.07 bits per heavy atom. The molecule has 1 aliphatic rings. The highest BCUT2D eigenvalue weighted by Crippen LogP contribution is 2.44. The summed E-state index contributed by atoms with van der Waals surface area (Å²) in [6.07, 6.45) is 2.59. The van der Waals surface area contributed by atoms with Crippen LogP contribution in [0.25, 0.3) is 0 Å². The van der Waals surface area contributed by atoms with Gasteiger partial charge in [0.15, 0.2) is 0 Å². The zero-order chi connectivity index (χ0) is 10.3. The van der Waals surface area contributed by atoms with Crippen LogP contribution in [0.1, 0.15) is 52.8 Å². The van der Waals surface area contributed by atoms with Crippen molar-refractivity contribution in [2.45, 2.75) is 44.4 Å². The van der Waals surface area contributed by atoms with Crippen LogP contribution in [0.4, 0.5) is 0 Å². The number of halogens is 1. The van der Waals surface area contributed by atoms with E-state index in [-0.39, 0.29) is 0 Å². The Labute approximate surface area is 94.8 Å². The molecule has 1 heteroatoms. The van der Waals surface area contributed by atoms with E-state index in [9.17, 15) is 0 Å². The average molecular weight is 253 g/mol. The van der Waals surface area contributed by atoms with Crippen LogP contribution in [0.3, 0.4) is 0 Å². The van der Waals surface area contributed by atoms with Gasteiger partial charge in [0, 0.05) is 4.83 Å². The van der Waals surface area contributed by atoms with Gasteiger partial charge in [0.25, 0.3) is 0 Å². The summed E-state index contributed by atoms with van der Waals surface area (Å²) < 4.78 is 0. The highest BCUT2D eigenvalue weighted by atomic mass is 79.9. The van der Waals surface area contributed by atoms with Crippen molar-refractivity contribution in [1.82, 2.24) is 0 Å². The molecule has 1 aliphatic carbocycles. The molecule has 0 saturated heterocycles. The lowest BCUT2D eigenvalue weighted by atomic mass is 9.79. The first-order valence-corrected chi connectivity index (χ1v) is 6.27. The molecule has 2 unspecified atom stereocenters. The van der Waals surface area contributed by atoms with Gasteiger partial charge in [0.1, 0.15) is 0 Å². The Morgan fingerprint density at radius 2 is 1.64 bits per heavy atom. The Morgan fingerprint density at radius 3 is 2.21 bits per heavy atom. The fourth-order valence-electron chi connectivity index (χ4n) is 2.61. The van der Waals surface area contributed by atoms with Gasteiger partial charge < -0.3 is 0 Å². The Bertz CT molecular complexity index is 319. The number of hydrogen-bond donors (Lipinski definition) is 0. The summed E-state index contributed by atoms with van der Waals surface area (Å²) in [6.45, 7) is 6.81. The maximum absolute atomic E-state index is 3.80. The molecule has 2 rings (SSSR count). The van der Waals surface area contributed by atoms with Gasteiger partial charge >= 0.3 is 0 Å². The molecule has 0 spiro atoms. The van der Waals surface area contributed by atoms with Gasteiger partial charge in [-0.3, -0.25) is 0 Å². The highest BCUT2D eigenvalue weighted by molar-refractivity contribution is 9.09. The standard InChI is InChI=1S/C13H17Br/c1-8-4-5-10(3)13-11(14)7-6-9(2)12(8)13/h4-5,9,11H,6-7H2,1-3H3. The number of hydrogen-bond acceptors (Lipinski definition) is 0. The first-order valence-electron chi connectivity index (χ1n) is 5.35. The molecule has 0 amide bonds. The molecule has 1 aromatic rings. The minimum atomic E-state index is 0.577. The SMILES string of the molecule is Cc1ccc(C)c2c1C(C)CCC2Br. The van der Waals surface area contributed by atoms with Crippen molar-refractivity contribution in [2.24, 2.45) is 0 Å². The Hall–Kier alpha value is -0.300. The lowest BCUT2D eigenvalue weighted by molar-refractivity contribution is 0.582. The second-order valence-corrected chi connectivity index (χ2v) is 5.58. The van der Waals surface area contributed by atoms with Gasteiger partial charge in [-0.05, 0) is 54.9 Å². The second-order valence-electron chi connectivity index (χ2n) is 4.47. The van der Waals surface area contributed by atoms with Gasteiger partial charge in [0.05, 0.1) is 0 Å². The normalized spacial score (nSPS) is 26.0. The molecule has 14 heavy (non-hydrogen) atoms. The van der Waals surface area contributed by atoms with Crippen LogP contribution in [-0.4, -0.2) is 0 Å². The van der Waals surface area contributed by atoms with Crippen LogP contribution in [0.2, 0.25) is 0 Å². The minimum Gasteiger partial charge on any atom is -0.0839 e. The fourth-order valence-corrected chi connectivity index (χ4v) is 3.48. The summed E-state index contributed by atoms with van der Waals surface area (Å²) >= 11 is 3.80. The Kier molecular flexibility index (Phi) is 2.70. The summed E-state index contributed by atoms with van der Waals surface area (Å²) in [7, 11) is 0. The van der Waals surface area contributed by atoms with Crippen LogP contribution < -0.4 is 0 Å². The summed E-state index contributed by atoms with van der Waals surface area (Å²) in [4.78, 5) is 0.577. The van der Waals surface area contributed by atoms with Gasteiger partial charge in [-0.2, -0.15) is 0 Å². The number of alkyl halides is 1. The molecule has 0 saturated carbocycles. The predicted octanol–water partition coefficient (Wildman–Crippen LogP) is 4.64. The molecule has 0 N–H and O–H groups in total. The van der Waals surface area contributed by atoms with Crippen LogP contribution in [-0.2, 0) is 0 Å².